The first-order valence-electron chi connectivity index (χ1n) is 7.40. The molecule has 0 spiro atoms. The average molecular weight is 313 g/mol. The van der Waals surface area contributed by atoms with Crippen molar-refractivity contribution in [2.24, 2.45) is 0 Å². The maximum atomic E-state index is 12.6. The molecule has 0 atom stereocenters. The lowest BCUT2D eigenvalue weighted by atomic mass is 10.0. The molecule has 1 heterocycles. The van der Waals surface area contributed by atoms with Gasteiger partial charge in [-0.1, -0.05) is 30.3 Å². The summed E-state index contributed by atoms with van der Waals surface area (Å²) in [7, 11) is 0. The summed E-state index contributed by atoms with van der Waals surface area (Å²) in [5, 5.41) is 0. The molecule has 2 aromatic rings. The molecule has 1 saturated heterocycles. The van der Waals surface area contributed by atoms with Gasteiger partial charge in [0, 0.05) is 29.1 Å². The fraction of sp³-hybridized carbons (Fsp3) is 0.278. The number of anilines is 1. The van der Waals surface area contributed by atoms with Crippen molar-refractivity contribution in [1.82, 2.24) is 0 Å². The zero-order valence-corrected chi connectivity index (χ0v) is 13.4. The zero-order valence-electron chi connectivity index (χ0n) is 12.6. The second-order valence-corrected chi connectivity index (χ2v) is 6.03. The Hall–Kier alpha value is -1.78. The number of thioether (sulfide) groups is 1. The third kappa shape index (κ3) is 3.18. The highest BCUT2D eigenvalue weighted by Crippen LogP contribution is 2.31. The molecule has 1 aliphatic heterocycles. The van der Waals surface area contributed by atoms with Crippen LogP contribution in [-0.4, -0.2) is 38.3 Å². The lowest BCUT2D eigenvalue weighted by molar-refractivity contribution is 0.103. The molecule has 0 aromatic heterocycles. The average Bonchev–Trinajstić information content (AvgIpc) is 2.62. The number of carbonyl (C=O) groups is 1. The van der Waals surface area contributed by atoms with Gasteiger partial charge < -0.3 is 9.64 Å². The van der Waals surface area contributed by atoms with Gasteiger partial charge in [0.05, 0.1) is 18.9 Å². The number of hydrogen-bond donors (Lipinski definition) is 0. The molecule has 4 heteroatoms. The number of morpholine rings is 1. The lowest BCUT2D eigenvalue weighted by Gasteiger charge is -2.30. The first-order valence-corrected chi connectivity index (χ1v) is 8.62. The Labute approximate surface area is 135 Å². The maximum Gasteiger partial charge on any atom is 0.193 e. The molecule has 3 nitrogen and oxygen atoms in total. The third-order valence-electron chi connectivity index (χ3n) is 3.83. The summed E-state index contributed by atoms with van der Waals surface area (Å²) in [6.45, 7) is 3.22. The molecule has 114 valence electrons. The molecular formula is C18H19NO2S. The molecule has 0 aliphatic carbocycles. The zero-order chi connectivity index (χ0) is 15.4. The van der Waals surface area contributed by atoms with E-state index >= 15 is 0 Å². The summed E-state index contributed by atoms with van der Waals surface area (Å²) in [5.41, 5.74) is 2.61. The first-order chi connectivity index (χ1) is 10.8. The van der Waals surface area contributed by atoms with Gasteiger partial charge in [0.25, 0.3) is 0 Å². The molecule has 0 N–H and O–H groups in total. The molecule has 3 rings (SSSR count). The molecule has 22 heavy (non-hydrogen) atoms. The first kappa shape index (κ1) is 15.1. The maximum absolute atomic E-state index is 12.6. The van der Waals surface area contributed by atoms with E-state index in [4.69, 9.17) is 4.74 Å². The van der Waals surface area contributed by atoms with Gasteiger partial charge in [-0.05, 0) is 24.5 Å². The van der Waals surface area contributed by atoms with Crippen LogP contribution in [0.4, 0.5) is 5.69 Å². The van der Waals surface area contributed by atoms with Crippen LogP contribution in [0.3, 0.4) is 0 Å². The Bertz CT molecular complexity index is 651. The van der Waals surface area contributed by atoms with E-state index in [1.807, 2.05) is 48.5 Å². The van der Waals surface area contributed by atoms with E-state index in [9.17, 15) is 4.79 Å². The Morgan fingerprint density at radius 1 is 1.05 bits per heavy atom. The van der Waals surface area contributed by atoms with Crippen LogP contribution in [0.1, 0.15) is 15.9 Å². The normalized spacial score (nSPS) is 14.9. The fourth-order valence-corrected chi connectivity index (χ4v) is 3.24. The number of carbonyl (C=O) groups excluding carboxylic acids is 1. The van der Waals surface area contributed by atoms with Crippen molar-refractivity contribution in [3.63, 3.8) is 0 Å². The molecule has 1 aliphatic rings. The SMILES string of the molecule is CSc1ccc(C(=O)c2ccccc2)cc1N1CCOCC1. The van der Waals surface area contributed by atoms with Crippen molar-refractivity contribution in [3.8, 4) is 0 Å². The number of nitrogens with zero attached hydrogens (tertiary/aromatic N) is 1. The largest absolute Gasteiger partial charge is 0.378 e. The van der Waals surface area contributed by atoms with E-state index in [2.05, 4.69) is 11.2 Å². The van der Waals surface area contributed by atoms with Crippen LogP contribution in [0.25, 0.3) is 0 Å². The number of benzene rings is 2. The summed E-state index contributed by atoms with van der Waals surface area (Å²) >= 11 is 1.71. The smallest absolute Gasteiger partial charge is 0.193 e. The molecule has 0 amide bonds. The minimum atomic E-state index is 0.0720. The van der Waals surface area contributed by atoms with Gasteiger partial charge in [-0.25, -0.2) is 0 Å². The molecule has 0 unspecified atom stereocenters. The van der Waals surface area contributed by atoms with Gasteiger partial charge in [0.1, 0.15) is 0 Å². The predicted octanol–water partition coefficient (Wildman–Crippen LogP) is 3.48. The van der Waals surface area contributed by atoms with Crippen molar-refractivity contribution < 1.29 is 9.53 Å². The van der Waals surface area contributed by atoms with Gasteiger partial charge in [-0.3, -0.25) is 4.79 Å². The number of rotatable bonds is 4. The predicted molar refractivity (Wildman–Crippen MR) is 91.1 cm³/mol. The van der Waals surface area contributed by atoms with E-state index in [-0.39, 0.29) is 5.78 Å². The number of ether oxygens (including phenoxy) is 1. The van der Waals surface area contributed by atoms with Crippen LogP contribution in [-0.2, 0) is 4.74 Å². The molecule has 0 bridgehead atoms. The van der Waals surface area contributed by atoms with E-state index in [0.29, 0.717) is 0 Å². The highest BCUT2D eigenvalue weighted by Gasteiger charge is 2.17. The summed E-state index contributed by atoms with van der Waals surface area (Å²) in [6, 6.07) is 15.4. The standard InChI is InChI=1S/C18H19NO2S/c1-22-17-8-7-15(18(20)14-5-3-2-4-6-14)13-16(17)19-9-11-21-12-10-19/h2-8,13H,9-12H2,1H3. The Kier molecular flexibility index (Phi) is 4.80. The third-order valence-corrected chi connectivity index (χ3v) is 4.61. The molecule has 0 radical (unpaired) electrons. The van der Waals surface area contributed by atoms with Crippen LogP contribution < -0.4 is 4.90 Å². The summed E-state index contributed by atoms with van der Waals surface area (Å²) < 4.78 is 5.43. The Morgan fingerprint density at radius 3 is 2.45 bits per heavy atom. The van der Waals surface area contributed by atoms with Crippen LogP contribution in [0, 0.1) is 0 Å². The summed E-state index contributed by atoms with van der Waals surface area (Å²) in [6.07, 6.45) is 2.07. The summed E-state index contributed by atoms with van der Waals surface area (Å²) in [5.74, 6) is 0.0720. The van der Waals surface area contributed by atoms with E-state index in [1.165, 1.54) is 4.90 Å². The Morgan fingerprint density at radius 2 is 1.77 bits per heavy atom. The highest BCUT2D eigenvalue weighted by molar-refractivity contribution is 7.98. The monoisotopic (exact) mass is 313 g/mol. The number of ketones is 1. The Balaban J connectivity index is 1.94. The minimum absolute atomic E-state index is 0.0720. The molecule has 2 aromatic carbocycles. The quantitative estimate of drug-likeness (QED) is 0.638. The van der Waals surface area contributed by atoms with Crippen molar-refractivity contribution in [3.05, 3.63) is 59.7 Å². The van der Waals surface area contributed by atoms with E-state index in [1.54, 1.807) is 11.8 Å². The van der Waals surface area contributed by atoms with Gasteiger partial charge in [0.15, 0.2) is 5.78 Å². The van der Waals surface area contributed by atoms with Gasteiger partial charge in [-0.15, -0.1) is 11.8 Å². The molecule has 1 fully saturated rings. The van der Waals surface area contributed by atoms with Gasteiger partial charge in [0.2, 0.25) is 0 Å². The van der Waals surface area contributed by atoms with Gasteiger partial charge in [-0.2, -0.15) is 0 Å². The van der Waals surface area contributed by atoms with Crippen molar-refractivity contribution >= 4 is 23.2 Å². The molecule has 0 saturated carbocycles. The van der Waals surface area contributed by atoms with Crippen LogP contribution in [0.2, 0.25) is 0 Å². The second kappa shape index (κ2) is 6.99. The van der Waals surface area contributed by atoms with E-state index in [0.717, 1.165) is 43.1 Å². The van der Waals surface area contributed by atoms with Crippen LogP contribution >= 0.6 is 11.8 Å². The minimum Gasteiger partial charge on any atom is -0.378 e. The fourth-order valence-electron chi connectivity index (χ4n) is 2.64. The van der Waals surface area contributed by atoms with E-state index < -0.39 is 0 Å². The van der Waals surface area contributed by atoms with Crippen LogP contribution in [0.5, 0.6) is 0 Å². The second-order valence-electron chi connectivity index (χ2n) is 5.18. The topological polar surface area (TPSA) is 29.5 Å². The summed E-state index contributed by atoms with van der Waals surface area (Å²) in [4.78, 5) is 16.1. The van der Waals surface area contributed by atoms with Crippen molar-refractivity contribution in [2.75, 3.05) is 37.5 Å². The number of hydrogen-bond acceptors (Lipinski definition) is 4. The van der Waals surface area contributed by atoms with Crippen LogP contribution in [0.15, 0.2) is 53.4 Å². The van der Waals surface area contributed by atoms with Gasteiger partial charge >= 0.3 is 0 Å². The van der Waals surface area contributed by atoms with Crippen molar-refractivity contribution in [2.45, 2.75) is 4.90 Å². The van der Waals surface area contributed by atoms with Crippen molar-refractivity contribution in [1.29, 1.82) is 0 Å². The lowest BCUT2D eigenvalue weighted by Crippen LogP contribution is -2.36. The highest BCUT2D eigenvalue weighted by atomic mass is 32.2. The molecular weight excluding hydrogens is 294 g/mol.